The van der Waals surface area contributed by atoms with Crippen molar-refractivity contribution in [3.8, 4) is 0 Å². The molecule has 10 heteroatoms. The molecular weight excluding hydrogens is 560 g/mol. The van der Waals surface area contributed by atoms with Crippen LogP contribution in [-0.4, -0.2) is 31.1 Å². The Kier molecular flexibility index (Phi) is 9.62. The van der Waals surface area contributed by atoms with Gasteiger partial charge in [-0.15, -0.1) is 0 Å². The molecule has 1 aliphatic carbocycles. The van der Waals surface area contributed by atoms with Gasteiger partial charge in [-0.2, -0.15) is 0 Å². The van der Waals surface area contributed by atoms with Gasteiger partial charge in [0.1, 0.15) is 5.69 Å². The minimum absolute atomic E-state index is 0.0752. The predicted molar refractivity (Wildman–Crippen MR) is 169 cm³/mol. The van der Waals surface area contributed by atoms with Crippen molar-refractivity contribution >= 4 is 11.6 Å². The van der Waals surface area contributed by atoms with Crippen LogP contribution in [0.5, 0.6) is 0 Å². The number of H-pyrrole nitrogens is 3. The number of aromatic amines is 3. The third kappa shape index (κ3) is 7.19. The minimum atomic E-state index is -0.667. The van der Waals surface area contributed by atoms with E-state index in [1.54, 1.807) is 19.1 Å². The molecule has 44 heavy (non-hydrogen) atoms. The van der Waals surface area contributed by atoms with Gasteiger partial charge in [-0.25, -0.2) is 9.59 Å². The quantitative estimate of drug-likeness (QED) is 0.262. The number of rotatable bonds is 8. The second kappa shape index (κ2) is 13.2. The maximum absolute atomic E-state index is 13.1. The van der Waals surface area contributed by atoms with Crippen molar-refractivity contribution in [1.82, 2.24) is 19.5 Å². The van der Waals surface area contributed by atoms with Crippen LogP contribution in [-0.2, 0) is 19.4 Å². The Morgan fingerprint density at radius 2 is 1.16 bits per heavy atom. The molecule has 230 valence electrons. The first-order chi connectivity index (χ1) is 20.8. The number of benzene rings is 2. The first kappa shape index (κ1) is 32.1. The molecule has 0 unspecified atom stereocenters. The highest BCUT2D eigenvalue weighted by Crippen LogP contribution is 2.31. The third-order valence-corrected chi connectivity index (χ3v) is 7.59. The van der Waals surface area contributed by atoms with Crippen molar-refractivity contribution in [1.29, 1.82) is 0 Å². The van der Waals surface area contributed by atoms with Crippen LogP contribution in [0.4, 0.5) is 0 Å². The first-order valence-corrected chi connectivity index (χ1v) is 14.8. The van der Waals surface area contributed by atoms with E-state index in [4.69, 9.17) is 0 Å². The summed E-state index contributed by atoms with van der Waals surface area (Å²) in [6.07, 6.45) is 2.90. The zero-order valence-electron chi connectivity index (χ0n) is 26.0. The normalized spacial score (nSPS) is 12.4. The summed E-state index contributed by atoms with van der Waals surface area (Å²) in [6, 6.07) is 11.1. The summed E-state index contributed by atoms with van der Waals surface area (Å²) in [4.78, 5) is 80.2. The molecular formula is C34H38N4O6. The van der Waals surface area contributed by atoms with E-state index >= 15 is 0 Å². The predicted octanol–water partition coefficient (Wildman–Crippen LogP) is 3.83. The van der Waals surface area contributed by atoms with Gasteiger partial charge in [-0.1, -0.05) is 48.2 Å². The average molecular weight is 599 g/mol. The number of hydrogen-bond donors (Lipinski definition) is 3. The highest BCUT2D eigenvalue weighted by molar-refractivity contribution is 6.09. The zero-order chi connectivity index (χ0) is 32.3. The van der Waals surface area contributed by atoms with Crippen LogP contribution >= 0.6 is 0 Å². The van der Waals surface area contributed by atoms with Crippen molar-refractivity contribution in [3.63, 3.8) is 0 Å². The number of carbonyl (C=O) groups excluding carboxylic acids is 2. The van der Waals surface area contributed by atoms with Crippen molar-refractivity contribution in [2.75, 3.05) is 0 Å². The Hall–Kier alpha value is -4.86. The van der Waals surface area contributed by atoms with E-state index in [9.17, 15) is 28.8 Å². The third-order valence-electron chi connectivity index (χ3n) is 7.59. The van der Waals surface area contributed by atoms with Gasteiger partial charge in [0.15, 0.2) is 0 Å². The smallest absolute Gasteiger partial charge is 0.304 e. The maximum Gasteiger partial charge on any atom is 0.328 e. The molecule has 0 atom stereocenters. The van der Waals surface area contributed by atoms with Gasteiger partial charge in [0.05, 0.1) is 5.69 Å². The standard InChI is InChI=1S/C19H22N2O3.C15H16N2O3/c1-4-15-16(17(22)14-8-11(2)7-12(3)9-14)21(10-13-5-6-13)19(24)20-18(15)23;1-4-11-12(16-15(20)17-14(11)19)13(18)10-6-8(2)5-9(3)7-10/h7-9,13H,4-6,10H2,1-3H3,(H,20,23,24);5-7H,4H2,1-3H3,(H2,16,17,19,20). The van der Waals surface area contributed by atoms with E-state index in [0.717, 1.165) is 35.1 Å². The fourth-order valence-electron chi connectivity index (χ4n) is 5.47. The Morgan fingerprint density at radius 3 is 1.64 bits per heavy atom. The molecule has 1 saturated carbocycles. The van der Waals surface area contributed by atoms with Crippen LogP contribution in [0.3, 0.4) is 0 Å². The van der Waals surface area contributed by atoms with Gasteiger partial charge in [-0.3, -0.25) is 33.7 Å². The molecule has 0 aliphatic heterocycles. The molecule has 0 saturated heterocycles. The van der Waals surface area contributed by atoms with E-state index < -0.39 is 22.5 Å². The number of nitrogens with one attached hydrogen (secondary N) is 3. The summed E-state index contributed by atoms with van der Waals surface area (Å²) in [5, 5.41) is 0. The van der Waals surface area contributed by atoms with Crippen LogP contribution in [0, 0.1) is 33.6 Å². The number of carbonyl (C=O) groups is 2. The summed E-state index contributed by atoms with van der Waals surface area (Å²) in [5.41, 5.74) is 3.77. The monoisotopic (exact) mass is 598 g/mol. The fourth-order valence-corrected chi connectivity index (χ4v) is 5.47. The number of aromatic nitrogens is 4. The molecule has 0 radical (unpaired) electrons. The van der Waals surface area contributed by atoms with Crippen LogP contribution in [0.25, 0.3) is 0 Å². The molecule has 1 fully saturated rings. The van der Waals surface area contributed by atoms with Crippen molar-refractivity contribution in [3.05, 3.63) is 134 Å². The molecule has 2 heterocycles. The molecule has 0 bridgehead atoms. The minimum Gasteiger partial charge on any atom is -0.304 e. The molecule has 4 aromatic rings. The van der Waals surface area contributed by atoms with E-state index in [-0.39, 0.29) is 23.0 Å². The molecule has 10 nitrogen and oxygen atoms in total. The second-order valence-electron chi connectivity index (χ2n) is 11.5. The topological polar surface area (TPSA) is 155 Å². The Balaban J connectivity index is 0.000000204. The number of nitrogens with zero attached hydrogens (tertiary/aromatic N) is 1. The lowest BCUT2D eigenvalue weighted by Crippen LogP contribution is -2.37. The number of hydrogen-bond acceptors (Lipinski definition) is 6. The van der Waals surface area contributed by atoms with Gasteiger partial charge in [0.2, 0.25) is 11.6 Å². The molecule has 2 aromatic heterocycles. The fraction of sp³-hybridized carbons (Fsp3) is 0.353. The van der Waals surface area contributed by atoms with E-state index in [1.807, 2.05) is 58.9 Å². The summed E-state index contributed by atoms with van der Waals surface area (Å²) < 4.78 is 1.47. The van der Waals surface area contributed by atoms with Gasteiger partial charge in [0.25, 0.3) is 11.1 Å². The summed E-state index contributed by atoms with van der Waals surface area (Å²) >= 11 is 0. The lowest BCUT2D eigenvalue weighted by Gasteiger charge is -2.15. The highest BCUT2D eigenvalue weighted by Gasteiger charge is 2.28. The Morgan fingerprint density at radius 1 is 0.682 bits per heavy atom. The van der Waals surface area contributed by atoms with Crippen LogP contribution < -0.4 is 22.5 Å². The molecule has 3 N–H and O–H groups in total. The van der Waals surface area contributed by atoms with E-state index in [1.165, 1.54) is 4.57 Å². The summed E-state index contributed by atoms with van der Waals surface area (Å²) in [7, 11) is 0. The van der Waals surface area contributed by atoms with Crippen LogP contribution in [0.15, 0.2) is 55.6 Å². The van der Waals surface area contributed by atoms with Crippen LogP contribution in [0.2, 0.25) is 0 Å². The van der Waals surface area contributed by atoms with Crippen molar-refractivity contribution in [2.45, 2.75) is 73.8 Å². The lowest BCUT2D eigenvalue weighted by molar-refractivity contribution is 0.102. The van der Waals surface area contributed by atoms with Crippen molar-refractivity contribution in [2.24, 2.45) is 5.92 Å². The maximum atomic E-state index is 13.1. The summed E-state index contributed by atoms with van der Waals surface area (Å²) in [6.45, 7) is 11.7. The molecule has 0 amide bonds. The number of aryl methyl sites for hydroxylation is 4. The highest BCUT2D eigenvalue weighted by atomic mass is 16.2. The lowest BCUT2D eigenvalue weighted by atomic mass is 9.99. The molecule has 1 aliphatic rings. The van der Waals surface area contributed by atoms with Gasteiger partial charge in [-0.05, 0) is 83.6 Å². The van der Waals surface area contributed by atoms with E-state index in [0.29, 0.717) is 47.6 Å². The zero-order valence-corrected chi connectivity index (χ0v) is 26.0. The van der Waals surface area contributed by atoms with Crippen LogP contribution in [0.1, 0.15) is 92.2 Å². The average Bonchev–Trinajstić information content (AvgIpc) is 3.76. The van der Waals surface area contributed by atoms with Gasteiger partial charge < -0.3 is 4.98 Å². The largest absolute Gasteiger partial charge is 0.328 e. The Bertz CT molecular complexity index is 1950. The second-order valence-corrected chi connectivity index (χ2v) is 11.5. The molecule has 0 spiro atoms. The molecule has 5 rings (SSSR count). The molecule has 2 aromatic carbocycles. The van der Waals surface area contributed by atoms with Gasteiger partial charge >= 0.3 is 11.4 Å². The van der Waals surface area contributed by atoms with E-state index in [2.05, 4.69) is 15.0 Å². The number of ketones is 2. The first-order valence-electron chi connectivity index (χ1n) is 14.8. The van der Waals surface area contributed by atoms with Crippen molar-refractivity contribution < 1.29 is 9.59 Å². The Labute approximate surface area is 254 Å². The SMILES string of the molecule is CCc1c(C(=O)c2cc(C)cc(C)c2)[nH]c(=O)[nH]c1=O.CCc1c(C(=O)c2cc(C)cc(C)c2)n(CC2CC2)c(=O)[nH]c1=O. The summed E-state index contributed by atoms with van der Waals surface area (Å²) in [5.74, 6) is -0.163. The van der Waals surface area contributed by atoms with Gasteiger partial charge in [0, 0.05) is 28.8 Å².